The smallest absolute Gasteiger partial charge is 0.141 e. The van der Waals surface area contributed by atoms with Gasteiger partial charge in [-0.2, -0.15) is 0 Å². The fraction of sp³-hybridized carbons (Fsp3) is 0.467. The maximum Gasteiger partial charge on any atom is 0.141 e. The van der Waals surface area contributed by atoms with Crippen LogP contribution in [0, 0.1) is 13.8 Å². The van der Waals surface area contributed by atoms with Crippen molar-refractivity contribution in [3.63, 3.8) is 0 Å². The molecule has 0 spiro atoms. The number of hydrogen-bond acceptors (Lipinski definition) is 5. The third kappa shape index (κ3) is 4.02. The molecule has 2 aromatic heterocycles. The number of hydrogen-bond donors (Lipinski definition) is 1. The number of aromatic nitrogens is 2. The first-order valence-electron chi connectivity index (χ1n) is 6.84. The molecule has 20 heavy (non-hydrogen) atoms. The monoisotopic (exact) mass is 291 g/mol. The highest BCUT2D eigenvalue weighted by atomic mass is 32.1. The summed E-state index contributed by atoms with van der Waals surface area (Å²) < 4.78 is 5.89. The second-order valence-electron chi connectivity index (χ2n) is 4.90. The highest BCUT2D eigenvalue weighted by molar-refractivity contribution is 7.11. The molecular weight excluding hydrogens is 270 g/mol. The van der Waals surface area contributed by atoms with Gasteiger partial charge in [0.05, 0.1) is 15.6 Å². The number of rotatable bonds is 6. The van der Waals surface area contributed by atoms with Crippen molar-refractivity contribution in [3.8, 4) is 5.75 Å². The van der Waals surface area contributed by atoms with Crippen LogP contribution in [-0.4, -0.2) is 16.0 Å². The number of nitrogens with two attached hydrogens (primary N) is 1. The van der Waals surface area contributed by atoms with Crippen molar-refractivity contribution in [1.82, 2.24) is 9.97 Å². The highest BCUT2D eigenvalue weighted by Crippen LogP contribution is 2.21. The Bertz CT molecular complexity index is 568. The van der Waals surface area contributed by atoms with Gasteiger partial charge in [-0.1, -0.05) is 6.92 Å². The Morgan fingerprint density at radius 2 is 2.15 bits per heavy atom. The third-order valence-corrected chi connectivity index (χ3v) is 3.98. The van der Waals surface area contributed by atoms with E-state index in [9.17, 15) is 0 Å². The van der Waals surface area contributed by atoms with Crippen LogP contribution in [0.1, 0.15) is 34.6 Å². The van der Waals surface area contributed by atoms with Crippen LogP contribution >= 0.6 is 11.3 Å². The van der Waals surface area contributed by atoms with Gasteiger partial charge in [-0.3, -0.25) is 4.98 Å². The van der Waals surface area contributed by atoms with Crippen molar-refractivity contribution in [2.24, 2.45) is 5.73 Å². The Morgan fingerprint density at radius 1 is 1.35 bits per heavy atom. The van der Waals surface area contributed by atoms with Crippen molar-refractivity contribution in [2.75, 3.05) is 0 Å². The minimum Gasteiger partial charge on any atom is -0.486 e. The molecule has 1 atom stereocenters. The van der Waals surface area contributed by atoms with E-state index < -0.39 is 0 Å². The van der Waals surface area contributed by atoms with Crippen LogP contribution in [0.15, 0.2) is 18.3 Å². The van der Waals surface area contributed by atoms with Gasteiger partial charge < -0.3 is 10.5 Å². The van der Waals surface area contributed by atoms with Crippen LogP contribution in [0.25, 0.3) is 0 Å². The lowest BCUT2D eigenvalue weighted by Crippen LogP contribution is -2.22. The zero-order valence-electron chi connectivity index (χ0n) is 12.2. The summed E-state index contributed by atoms with van der Waals surface area (Å²) in [6.45, 7) is 6.59. The summed E-state index contributed by atoms with van der Waals surface area (Å²) in [6, 6.07) is 4.07. The molecule has 0 aromatic carbocycles. The minimum atomic E-state index is 0.122. The highest BCUT2D eigenvalue weighted by Gasteiger charge is 2.11. The van der Waals surface area contributed by atoms with E-state index in [0.29, 0.717) is 6.61 Å². The van der Waals surface area contributed by atoms with Crippen molar-refractivity contribution >= 4 is 11.3 Å². The van der Waals surface area contributed by atoms with Crippen LogP contribution in [0.2, 0.25) is 0 Å². The quantitative estimate of drug-likeness (QED) is 0.888. The van der Waals surface area contributed by atoms with Crippen LogP contribution in [0.4, 0.5) is 0 Å². The van der Waals surface area contributed by atoms with Crippen molar-refractivity contribution in [2.45, 2.75) is 46.3 Å². The van der Waals surface area contributed by atoms with Gasteiger partial charge in [-0.15, -0.1) is 11.3 Å². The molecule has 5 heteroatoms. The maximum atomic E-state index is 6.03. The average Bonchev–Trinajstić information content (AvgIpc) is 2.83. The fourth-order valence-electron chi connectivity index (χ4n) is 1.89. The Labute approximate surface area is 124 Å². The predicted molar refractivity (Wildman–Crippen MR) is 82.1 cm³/mol. The lowest BCUT2D eigenvalue weighted by molar-refractivity contribution is 0.303. The second kappa shape index (κ2) is 6.81. The first kappa shape index (κ1) is 14.9. The Morgan fingerprint density at radius 3 is 2.80 bits per heavy atom. The molecule has 0 aliphatic rings. The number of aryl methyl sites for hydroxylation is 2. The molecule has 0 aliphatic carbocycles. The number of pyridine rings is 1. The molecule has 0 radical (unpaired) electrons. The molecule has 0 aliphatic heterocycles. The summed E-state index contributed by atoms with van der Waals surface area (Å²) in [5.41, 5.74) is 7.97. The van der Waals surface area contributed by atoms with E-state index in [2.05, 4.69) is 16.9 Å². The first-order valence-corrected chi connectivity index (χ1v) is 7.66. The molecule has 0 bridgehead atoms. The zero-order chi connectivity index (χ0) is 14.5. The van der Waals surface area contributed by atoms with E-state index in [1.54, 1.807) is 11.3 Å². The van der Waals surface area contributed by atoms with Gasteiger partial charge in [0.2, 0.25) is 0 Å². The molecule has 4 nitrogen and oxygen atoms in total. The first-order chi connectivity index (χ1) is 9.58. The van der Waals surface area contributed by atoms with E-state index in [4.69, 9.17) is 10.5 Å². The Balaban J connectivity index is 2.09. The van der Waals surface area contributed by atoms with Gasteiger partial charge >= 0.3 is 0 Å². The second-order valence-corrected chi connectivity index (χ2v) is 6.22. The summed E-state index contributed by atoms with van der Waals surface area (Å²) in [7, 11) is 0. The van der Waals surface area contributed by atoms with Crippen LogP contribution in [0.5, 0.6) is 5.75 Å². The minimum absolute atomic E-state index is 0.122. The summed E-state index contributed by atoms with van der Waals surface area (Å²) in [6.07, 6.45) is 3.54. The van der Waals surface area contributed by atoms with E-state index in [0.717, 1.165) is 39.9 Å². The lowest BCUT2D eigenvalue weighted by Gasteiger charge is -2.13. The SMILES string of the molecule is CCC(N)Cc1nc(C)ccc1OCc1cnc(C)s1. The van der Waals surface area contributed by atoms with Gasteiger partial charge in [0, 0.05) is 24.4 Å². The molecule has 0 saturated carbocycles. The molecular formula is C15H21N3OS. The van der Waals surface area contributed by atoms with Crippen molar-refractivity contribution in [3.05, 3.63) is 39.6 Å². The van der Waals surface area contributed by atoms with Gasteiger partial charge in [0.1, 0.15) is 12.4 Å². The molecule has 2 heterocycles. The number of ether oxygens (including phenoxy) is 1. The lowest BCUT2D eigenvalue weighted by atomic mass is 10.1. The standard InChI is InChI=1S/C15H21N3OS/c1-4-12(16)7-14-15(6-5-10(2)18-14)19-9-13-8-17-11(3)20-13/h5-6,8,12H,4,7,9,16H2,1-3H3. The van der Waals surface area contributed by atoms with Crippen LogP contribution in [-0.2, 0) is 13.0 Å². The molecule has 2 aromatic rings. The largest absolute Gasteiger partial charge is 0.486 e. The van der Waals surface area contributed by atoms with E-state index in [-0.39, 0.29) is 6.04 Å². The van der Waals surface area contributed by atoms with E-state index in [1.165, 1.54) is 0 Å². The van der Waals surface area contributed by atoms with E-state index >= 15 is 0 Å². The van der Waals surface area contributed by atoms with E-state index in [1.807, 2.05) is 32.2 Å². The van der Waals surface area contributed by atoms with Gasteiger partial charge in [-0.05, 0) is 32.4 Å². The van der Waals surface area contributed by atoms with Gasteiger partial charge in [0.25, 0.3) is 0 Å². The summed E-state index contributed by atoms with van der Waals surface area (Å²) in [4.78, 5) is 9.91. The summed E-state index contributed by atoms with van der Waals surface area (Å²) in [5, 5.41) is 1.05. The van der Waals surface area contributed by atoms with Crippen molar-refractivity contribution < 1.29 is 4.74 Å². The summed E-state index contributed by atoms with van der Waals surface area (Å²) in [5.74, 6) is 0.825. The molecule has 0 fully saturated rings. The third-order valence-electron chi connectivity index (χ3n) is 3.09. The predicted octanol–water partition coefficient (Wildman–Crippen LogP) is 3.01. The van der Waals surface area contributed by atoms with Gasteiger partial charge in [-0.25, -0.2) is 4.98 Å². The normalized spacial score (nSPS) is 12.4. The summed E-state index contributed by atoms with van der Waals surface area (Å²) >= 11 is 1.65. The Kier molecular flexibility index (Phi) is 5.09. The van der Waals surface area contributed by atoms with Crippen molar-refractivity contribution in [1.29, 1.82) is 0 Å². The molecule has 2 N–H and O–H groups in total. The molecule has 1 unspecified atom stereocenters. The molecule has 0 saturated heterocycles. The van der Waals surface area contributed by atoms with Crippen LogP contribution < -0.4 is 10.5 Å². The molecule has 2 rings (SSSR count). The Hall–Kier alpha value is -1.46. The van der Waals surface area contributed by atoms with Crippen LogP contribution in [0.3, 0.4) is 0 Å². The average molecular weight is 291 g/mol. The molecule has 0 amide bonds. The molecule has 108 valence electrons. The maximum absolute atomic E-state index is 6.03. The number of nitrogens with zero attached hydrogens (tertiary/aromatic N) is 2. The zero-order valence-corrected chi connectivity index (χ0v) is 13.0. The number of thiazole rings is 1. The topological polar surface area (TPSA) is 61.0 Å². The fourth-order valence-corrected chi connectivity index (χ4v) is 2.60. The van der Waals surface area contributed by atoms with Gasteiger partial charge in [0.15, 0.2) is 0 Å².